The number of carbonyl (C=O) groups is 1. The Morgan fingerprint density at radius 2 is 2.11 bits per heavy atom. The molecule has 0 spiro atoms. The summed E-state index contributed by atoms with van der Waals surface area (Å²) in [6, 6.07) is 6.68. The number of benzene rings is 1. The molecule has 6 nitrogen and oxygen atoms in total. The Balaban J connectivity index is 2.06. The van der Waals surface area contributed by atoms with Crippen LogP contribution in [0.5, 0.6) is 0 Å². The topological polar surface area (TPSA) is 101 Å². The summed E-state index contributed by atoms with van der Waals surface area (Å²) in [6.07, 6.45) is 2.20. The van der Waals surface area contributed by atoms with Crippen LogP contribution in [0.4, 0.5) is 11.7 Å². The van der Waals surface area contributed by atoms with Crippen LogP contribution in [-0.4, -0.2) is 22.6 Å². The molecule has 1 aromatic carbocycles. The number of hydrogen-bond donors (Lipinski definition) is 3. The number of carboxylic acids is 1. The highest BCUT2D eigenvalue weighted by molar-refractivity contribution is 5.88. The predicted octanol–water partition coefficient (Wildman–Crippen LogP) is 1.62. The molecule has 0 aliphatic heterocycles. The molecule has 0 amide bonds. The van der Waals surface area contributed by atoms with Crippen molar-refractivity contribution in [3.63, 3.8) is 0 Å². The molecule has 0 atom stereocenters. The summed E-state index contributed by atoms with van der Waals surface area (Å²) in [5.41, 5.74) is 7.13. The zero-order valence-corrected chi connectivity index (χ0v) is 9.59. The van der Waals surface area contributed by atoms with Crippen LogP contribution in [-0.2, 0) is 6.42 Å². The molecule has 0 saturated carbocycles. The third-order valence-electron chi connectivity index (χ3n) is 2.34. The minimum Gasteiger partial charge on any atom is -0.478 e. The van der Waals surface area contributed by atoms with Crippen LogP contribution in [0.1, 0.15) is 16.1 Å². The number of nitrogens with zero attached hydrogens (tertiary/aromatic N) is 1. The number of carboxylic acid groups (broad SMARTS) is 1. The SMILES string of the molecule is NCCc1coc(Nc2ccc(C(=O)O)cc2)n1. The van der Waals surface area contributed by atoms with E-state index in [0.717, 1.165) is 5.69 Å². The molecule has 0 unspecified atom stereocenters. The first-order valence-corrected chi connectivity index (χ1v) is 5.44. The number of aromatic nitrogens is 1. The van der Waals surface area contributed by atoms with Gasteiger partial charge in [0, 0.05) is 12.1 Å². The normalized spacial score (nSPS) is 10.3. The Hall–Kier alpha value is -2.34. The van der Waals surface area contributed by atoms with Gasteiger partial charge < -0.3 is 20.6 Å². The maximum absolute atomic E-state index is 10.7. The Morgan fingerprint density at radius 1 is 1.39 bits per heavy atom. The van der Waals surface area contributed by atoms with Crippen molar-refractivity contribution in [1.82, 2.24) is 4.98 Å². The molecule has 0 aliphatic carbocycles. The molecule has 1 heterocycles. The summed E-state index contributed by atoms with van der Waals surface area (Å²) in [7, 11) is 0. The van der Waals surface area contributed by atoms with Crippen molar-refractivity contribution in [3.8, 4) is 0 Å². The summed E-state index contributed by atoms with van der Waals surface area (Å²) in [4.78, 5) is 14.9. The molecule has 0 aliphatic rings. The zero-order valence-electron chi connectivity index (χ0n) is 9.59. The van der Waals surface area contributed by atoms with Gasteiger partial charge in [-0.15, -0.1) is 0 Å². The van der Waals surface area contributed by atoms with Gasteiger partial charge in [0.05, 0.1) is 11.3 Å². The molecule has 0 radical (unpaired) electrons. The fourth-order valence-corrected chi connectivity index (χ4v) is 1.45. The first-order chi connectivity index (χ1) is 8.69. The van der Waals surface area contributed by atoms with E-state index in [1.807, 2.05) is 0 Å². The van der Waals surface area contributed by atoms with Gasteiger partial charge in [0.15, 0.2) is 0 Å². The van der Waals surface area contributed by atoms with Crippen LogP contribution in [0.3, 0.4) is 0 Å². The van der Waals surface area contributed by atoms with Crippen molar-refractivity contribution in [1.29, 1.82) is 0 Å². The third kappa shape index (κ3) is 2.86. The zero-order chi connectivity index (χ0) is 13.0. The van der Waals surface area contributed by atoms with Crippen molar-refractivity contribution in [3.05, 3.63) is 41.8 Å². The number of rotatable bonds is 5. The summed E-state index contributed by atoms with van der Waals surface area (Å²) >= 11 is 0. The number of oxazole rings is 1. The number of aromatic carboxylic acids is 1. The number of anilines is 2. The minimum atomic E-state index is -0.956. The Bertz CT molecular complexity index is 534. The molecule has 4 N–H and O–H groups in total. The second kappa shape index (κ2) is 5.33. The van der Waals surface area contributed by atoms with E-state index in [9.17, 15) is 4.79 Å². The molecule has 2 aromatic rings. The van der Waals surface area contributed by atoms with E-state index in [4.69, 9.17) is 15.3 Å². The minimum absolute atomic E-state index is 0.233. The van der Waals surface area contributed by atoms with Crippen LogP contribution in [0, 0.1) is 0 Å². The van der Waals surface area contributed by atoms with E-state index in [-0.39, 0.29) is 5.56 Å². The van der Waals surface area contributed by atoms with Gasteiger partial charge >= 0.3 is 5.97 Å². The largest absolute Gasteiger partial charge is 0.478 e. The van der Waals surface area contributed by atoms with Gasteiger partial charge in [-0.25, -0.2) is 4.79 Å². The lowest BCUT2D eigenvalue weighted by molar-refractivity contribution is 0.0697. The van der Waals surface area contributed by atoms with Gasteiger partial charge in [0.2, 0.25) is 0 Å². The maximum Gasteiger partial charge on any atom is 0.335 e. The second-order valence-corrected chi connectivity index (χ2v) is 3.69. The standard InChI is InChI=1S/C12H13N3O3/c13-6-5-10-7-18-12(15-10)14-9-3-1-8(2-4-9)11(16)17/h1-4,7H,5-6,13H2,(H,14,15)(H,16,17). The van der Waals surface area contributed by atoms with Gasteiger partial charge in [-0.2, -0.15) is 4.98 Å². The van der Waals surface area contributed by atoms with Gasteiger partial charge in [-0.1, -0.05) is 0 Å². The van der Waals surface area contributed by atoms with E-state index in [0.29, 0.717) is 24.7 Å². The molecule has 1 aromatic heterocycles. The molecule has 6 heteroatoms. The van der Waals surface area contributed by atoms with Gasteiger partial charge in [0.1, 0.15) is 6.26 Å². The third-order valence-corrected chi connectivity index (χ3v) is 2.34. The first-order valence-electron chi connectivity index (χ1n) is 5.44. The highest BCUT2D eigenvalue weighted by Gasteiger charge is 2.05. The molecular formula is C12H13N3O3. The van der Waals surface area contributed by atoms with Crippen LogP contribution in [0.15, 0.2) is 34.9 Å². The van der Waals surface area contributed by atoms with Gasteiger partial charge in [0.25, 0.3) is 6.01 Å². The highest BCUT2D eigenvalue weighted by Crippen LogP contribution is 2.16. The predicted molar refractivity (Wildman–Crippen MR) is 65.9 cm³/mol. The van der Waals surface area contributed by atoms with Crippen LogP contribution >= 0.6 is 0 Å². The van der Waals surface area contributed by atoms with Gasteiger partial charge in [-0.3, -0.25) is 0 Å². The van der Waals surface area contributed by atoms with Crippen molar-refractivity contribution >= 4 is 17.7 Å². The average molecular weight is 247 g/mol. The van der Waals surface area contributed by atoms with E-state index >= 15 is 0 Å². The lowest BCUT2D eigenvalue weighted by Crippen LogP contribution is -2.02. The molecular weight excluding hydrogens is 234 g/mol. The Morgan fingerprint density at radius 3 is 2.72 bits per heavy atom. The lowest BCUT2D eigenvalue weighted by atomic mass is 10.2. The summed E-state index contributed by atoms with van der Waals surface area (Å²) < 4.78 is 5.20. The molecule has 0 fully saturated rings. The number of nitrogens with two attached hydrogens (primary N) is 1. The van der Waals surface area contributed by atoms with E-state index in [2.05, 4.69) is 10.3 Å². The molecule has 2 rings (SSSR count). The highest BCUT2D eigenvalue weighted by atomic mass is 16.4. The van der Waals surface area contributed by atoms with Crippen molar-refractivity contribution in [2.75, 3.05) is 11.9 Å². The maximum atomic E-state index is 10.7. The summed E-state index contributed by atoms with van der Waals surface area (Å²) in [5, 5.41) is 11.7. The fourth-order valence-electron chi connectivity index (χ4n) is 1.45. The lowest BCUT2D eigenvalue weighted by Gasteiger charge is -2.01. The average Bonchev–Trinajstić information content (AvgIpc) is 2.78. The fraction of sp³-hybridized carbons (Fsp3) is 0.167. The van der Waals surface area contributed by atoms with Crippen molar-refractivity contribution in [2.24, 2.45) is 5.73 Å². The molecule has 94 valence electrons. The van der Waals surface area contributed by atoms with Crippen molar-refractivity contribution < 1.29 is 14.3 Å². The summed E-state index contributed by atoms with van der Waals surface area (Å²) in [5.74, 6) is -0.956. The molecule has 18 heavy (non-hydrogen) atoms. The number of nitrogens with one attached hydrogen (secondary N) is 1. The molecule has 0 saturated heterocycles. The summed E-state index contributed by atoms with van der Waals surface area (Å²) in [6.45, 7) is 0.513. The van der Waals surface area contributed by atoms with Crippen LogP contribution in [0.25, 0.3) is 0 Å². The van der Waals surface area contributed by atoms with E-state index < -0.39 is 5.97 Å². The van der Waals surface area contributed by atoms with Crippen LogP contribution in [0.2, 0.25) is 0 Å². The van der Waals surface area contributed by atoms with Gasteiger partial charge in [-0.05, 0) is 30.8 Å². The van der Waals surface area contributed by atoms with Crippen molar-refractivity contribution in [2.45, 2.75) is 6.42 Å². The number of hydrogen-bond acceptors (Lipinski definition) is 5. The quantitative estimate of drug-likeness (QED) is 0.742. The van der Waals surface area contributed by atoms with E-state index in [1.54, 1.807) is 18.4 Å². The smallest absolute Gasteiger partial charge is 0.335 e. The van der Waals surface area contributed by atoms with Crippen LogP contribution < -0.4 is 11.1 Å². The molecule has 0 bridgehead atoms. The Kier molecular flexibility index (Phi) is 3.59. The van der Waals surface area contributed by atoms with E-state index in [1.165, 1.54) is 12.1 Å². The monoisotopic (exact) mass is 247 g/mol. The Labute approximate surface area is 103 Å². The first kappa shape index (κ1) is 12.1. The second-order valence-electron chi connectivity index (χ2n) is 3.69.